The molecule has 1 amide bonds. The SMILES string of the molecule is O=C(NNS(=O)(=O)c1ccccc1)c1cc2c(s1)CCC2. The monoisotopic (exact) mass is 322 g/mol. The van der Waals surface area contributed by atoms with Gasteiger partial charge in [0.05, 0.1) is 9.77 Å². The number of carbonyl (C=O) groups excluding carboxylic acids is 1. The van der Waals surface area contributed by atoms with Gasteiger partial charge < -0.3 is 0 Å². The number of sulfonamides is 1. The summed E-state index contributed by atoms with van der Waals surface area (Å²) in [6.45, 7) is 0. The highest BCUT2D eigenvalue weighted by atomic mass is 32.2. The fraction of sp³-hybridized carbons (Fsp3) is 0.214. The second-order valence-electron chi connectivity index (χ2n) is 4.79. The summed E-state index contributed by atoms with van der Waals surface area (Å²) >= 11 is 1.43. The first kappa shape index (κ1) is 14.2. The van der Waals surface area contributed by atoms with Crippen LogP contribution in [0.4, 0.5) is 0 Å². The summed E-state index contributed by atoms with van der Waals surface area (Å²) in [6.07, 6.45) is 3.13. The summed E-state index contributed by atoms with van der Waals surface area (Å²) < 4.78 is 24.0. The van der Waals surface area contributed by atoms with Crippen molar-refractivity contribution in [3.05, 3.63) is 51.7 Å². The fourth-order valence-corrected chi connectivity index (χ4v) is 4.28. The summed E-state index contributed by atoms with van der Waals surface area (Å²) in [5, 5.41) is 0. The van der Waals surface area contributed by atoms with E-state index >= 15 is 0 Å². The molecular weight excluding hydrogens is 308 g/mol. The van der Waals surface area contributed by atoms with E-state index in [2.05, 4.69) is 10.3 Å². The Hall–Kier alpha value is -1.70. The van der Waals surface area contributed by atoms with Crippen LogP contribution in [0.15, 0.2) is 41.3 Å². The first-order valence-corrected chi connectivity index (χ1v) is 8.85. The van der Waals surface area contributed by atoms with E-state index in [4.69, 9.17) is 0 Å². The number of carbonyl (C=O) groups is 1. The third kappa shape index (κ3) is 2.99. The Labute approximate surface area is 127 Å². The van der Waals surface area contributed by atoms with Crippen molar-refractivity contribution in [2.24, 2.45) is 0 Å². The van der Waals surface area contributed by atoms with Crippen LogP contribution in [-0.4, -0.2) is 14.3 Å². The Balaban J connectivity index is 1.68. The smallest absolute Gasteiger partial charge is 0.273 e. The van der Waals surface area contributed by atoms with Crippen LogP contribution < -0.4 is 10.3 Å². The average molecular weight is 322 g/mol. The van der Waals surface area contributed by atoms with Crippen molar-refractivity contribution in [3.8, 4) is 0 Å². The second kappa shape index (κ2) is 5.59. The van der Waals surface area contributed by atoms with Crippen molar-refractivity contribution >= 4 is 27.3 Å². The highest BCUT2D eigenvalue weighted by Crippen LogP contribution is 2.30. The minimum absolute atomic E-state index is 0.110. The van der Waals surface area contributed by atoms with Gasteiger partial charge in [-0.25, -0.2) is 8.42 Å². The molecule has 0 spiro atoms. The maximum absolute atomic E-state index is 12.0. The predicted octanol–water partition coefficient (Wildman–Crippen LogP) is 1.86. The molecule has 1 aliphatic rings. The molecular formula is C14H14N2O3S2. The number of fused-ring (bicyclic) bond motifs is 1. The second-order valence-corrected chi connectivity index (χ2v) is 7.60. The standard InChI is InChI=1S/C14H14N2O3S2/c17-14(13-9-10-5-4-8-12(10)20-13)15-16-21(18,19)11-6-2-1-3-7-11/h1-3,6-7,9,16H,4-5,8H2,(H,15,17). The predicted molar refractivity (Wildman–Crippen MR) is 80.6 cm³/mol. The lowest BCUT2D eigenvalue weighted by molar-refractivity contribution is 0.0949. The van der Waals surface area contributed by atoms with Gasteiger partial charge in [-0.3, -0.25) is 10.2 Å². The van der Waals surface area contributed by atoms with E-state index in [-0.39, 0.29) is 4.90 Å². The molecule has 1 heterocycles. The molecule has 3 rings (SSSR count). The van der Waals surface area contributed by atoms with Gasteiger partial charge in [0.15, 0.2) is 0 Å². The Morgan fingerprint density at radius 1 is 1.14 bits per heavy atom. The quantitative estimate of drug-likeness (QED) is 0.844. The third-order valence-corrected chi connectivity index (χ3v) is 5.82. The number of thiophene rings is 1. The molecule has 0 aliphatic heterocycles. The molecule has 1 aromatic heterocycles. The van der Waals surface area contributed by atoms with Crippen LogP contribution in [-0.2, 0) is 22.9 Å². The summed E-state index contributed by atoms with van der Waals surface area (Å²) in [6, 6.07) is 9.76. The highest BCUT2D eigenvalue weighted by Gasteiger charge is 2.20. The number of rotatable bonds is 4. The van der Waals surface area contributed by atoms with Crippen molar-refractivity contribution in [2.45, 2.75) is 24.2 Å². The van der Waals surface area contributed by atoms with Crippen LogP contribution in [0.1, 0.15) is 26.5 Å². The molecule has 2 N–H and O–H groups in total. The number of benzene rings is 1. The van der Waals surface area contributed by atoms with E-state index in [0.29, 0.717) is 4.88 Å². The van der Waals surface area contributed by atoms with Gasteiger partial charge in [-0.2, -0.15) is 0 Å². The minimum atomic E-state index is -3.74. The number of hydrazine groups is 1. The molecule has 0 unspecified atom stereocenters. The topological polar surface area (TPSA) is 75.3 Å². The first-order chi connectivity index (χ1) is 10.1. The summed E-state index contributed by atoms with van der Waals surface area (Å²) in [4.78, 5) is 16.0. The maximum Gasteiger partial charge on any atom is 0.276 e. The molecule has 1 aliphatic carbocycles. The van der Waals surface area contributed by atoms with Gasteiger partial charge in [-0.05, 0) is 43.0 Å². The Morgan fingerprint density at radius 2 is 1.90 bits per heavy atom. The number of aryl methyl sites for hydroxylation is 2. The minimum Gasteiger partial charge on any atom is -0.273 e. The van der Waals surface area contributed by atoms with Gasteiger partial charge in [0.25, 0.3) is 15.9 Å². The van der Waals surface area contributed by atoms with E-state index in [1.54, 1.807) is 18.2 Å². The summed E-state index contributed by atoms with van der Waals surface area (Å²) in [5.41, 5.74) is 3.46. The molecule has 0 fully saturated rings. The largest absolute Gasteiger partial charge is 0.276 e. The number of hydrogen-bond acceptors (Lipinski definition) is 4. The van der Waals surface area contributed by atoms with E-state index < -0.39 is 15.9 Å². The average Bonchev–Trinajstić information content (AvgIpc) is 3.07. The lowest BCUT2D eigenvalue weighted by Crippen LogP contribution is -2.41. The molecule has 0 radical (unpaired) electrons. The molecule has 0 bridgehead atoms. The Morgan fingerprint density at radius 3 is 2.62 bits per heavy atom. The molecule has 1 aromatic carbocycles. The molecule has 5 nitrogen and oxygen atoms in total. The zero-order chi connectivity index (χ0) is 14.9. The van der Waals surface area contributed by atoms with Gasteiger partial charge in [0.1, 0.15) is 0 Å². The molecule has 2 aromatic rings. The molecule has 7 heteroatoms. The van der Waals surface area contributed by atoms with Crippen molar-refractivity contribution in [1.29, 1.82) is 0 Å². The van der Waals surface area contributed by atoms with Crippen LogP contribution in [0, 0.1) is 0 Å². The Kier molecular flexibility index (Phi) is 3.79. The normalized spacial score (nSPS) is 13.9. The van der Waals surface area contributed by atoms with Crippen molar-refractivity contribution in [3.63, 3.8) is 0 Å². The molecule has 21 heavy (non-hydrogen) atoms. The maximum atomic E-state index is 12.0. The van der Waals surface area contributed by atoms with Gasteiger partial charge >= 0.3 is 0 Å². The molecule has 0 saturated carbocycles. The van der Waals surface area contributed by atoms with Crippen LogP contribution in [0.2, 0.25) is 0 Å². The molecule has 0 atom stereocenters. The summed E-state index contributed by atoms with van der Waals surface area (Å²) in [7, 11) is -3.74. The lowest BCUT2D eigenvalue weighted by Gasteiger charge is -2.07. The van der Waals surface area contributed by atoms with E-state index in [9.17, 15) is 13.2 Å². The highest BCUT2D eigenvalue weighted by molar-refractivity contribution is 7.89. The van der Waals surface area contributed by atoms with Gasteiger partial charge in [-0.15, -0.1) is 16.2 Å². The van der Waals surface area contributed by atoms with Gasteiger partial charge in [-0.1, -0.05) is 18.2 Å². The van der Waals surface area contributed by atoms with Crippen molar-refractivity contribution in [2.75, 3.05) is 0 Å². The lowest BCUT2D eigenvalue weighted by atomic mass is 10.2. The first-order valence-electron chi connectivity index (χ1n) is 6.55. The molecule has 0 saturated heterocycles. The zero-order valence-corrected chi connectivity index (χ0v) is 12.8. The van der Waals surface area contributed by atoms with E-state index in [0.717, 1.165) is 19.3 Å². The fourth-order valence-electron chi connectivity index (χ4n) is 2.27. The Bertz CT molecular complexity index is 745. The number of hydrogen-bond donors (Lipinski definition) is 2. The van der Waals surface area contributed by atoms with Crippen LogP contribution >= 0.6 is 11.3 Å². The van der Waals surface area contributed by atoms with Crippen molar-refractivity contribution < 1.29 is 13.2 Å². The van der Waals surface area contributed by atoms with Crippen LogP contribution in [0.3, 0.4) is 0 Å². The molecule has 110 valence electrons. The third-order valence-electron chi connectivity index (χ3n) is 3.32. The van der Waals surface area contributed by atoms with Crippen molar-refractivity contribution in [1.82, 2.24) is 10.3 Å². The van der Waals surface area contributed by atoms with Crippen LogP contribution in [0.5, 0.6) is 0 Å². The van der Waals surface area contributed by atoms with E-state index in [1.807, 2.05) is 6.07 Å². The van der Waals surface area contributed by atoms with Gasteiger partial charge in [0, 0.05) is 4.88 Å². The number of amides is 1. The van der Waals surface area contributed by atoms with E-state index in [1.165, 1.54) is 33.9 Å². The summed E-state index contributed by atoms with van der Waals surface area (Å²) in [5.74, 6) is -0.422. The van der Waals surface area contributed by atoms with Gasteiger partial charge in [0.2, 0.25) is 0 Å². The zero-order valence-electron chi connectivity index (χ0n) is 11.1. The van der Waals surface area contributed by atoms with Crippen LogP contribution in [0.25, 0.3) is 0 Å². The number of nitrogens with one attached hydrogen (secondary N) is 2.